The van der Waals surface area contributed by atoms with Gasteiger partial charge in [0.2, 0.25) is 0 Å². The number of carbonyl (C=O) groups is 2. The molecule has 1 aromatic heterocycles. The molecule has 5 heteroatoms. The van der Waals surface area contributed by atoms with Crippen molar-refractivity contribution in [3.8, 4) is 0 Å². The van der Waals surface area contributed by atoms with Gasteiger partial charge in [0.25, 0.3) is 5.91 Å². The zero-order valence-electron chi connectivity index (χ0n) is 15.1. The number of aryl methyl sites for hydroxylation is 1. The molecule has 0 fully saturated rings. The van der Waals surface area contributed by atoms with Gasteiger partial charge in [-0.3, -0.25) is 4.79 Å². The first-order chi connectivity index (χ1) is 12.5. The van der Waals surface area contributed by atoms with E-state index in [4.69, 9.17) is 9.15 Å². The van der Waals surface area contributed by atoms with Crippen molar-refractivity contribution < 1.29 is 18.7 Å². The SMILES string of the molecule is CCc1oc2ccccc2c1CN(C)C(=O)c1cccc(C(=O)OC)c1. The lowest BCUT2D eigenvalue weighted by Gasteiger charge is -2.18. The molecule has 0 aliphatic heterocycles. The Kier molecular flexibility index (Phi) is 5.07. The average molecular weight is 351 g/mol. The molecule has 0 saturated carbocycles. The van der Waals surface area contributed by atoms with Crippen molar-refractivity contribution >= 4 is 22.8 Å². The van der Waals surface area contributed by atoms with Crippen LogP contribution in [0, 0.1) is 0 Å². The minimum absolute atomic E-state index is 0.164. The van der Waals surface area contributed by atoms with Crippen LogP contribution in [0.4, 0.5) is 0 Å². The molecule has 0 aliphatic carbocycles. The predicted molar refractivity (Wildman–Crippen MR) is 99.2 cm³/mol. The molecule has 2 aromatic carbocycles. The summed E-state index contributed by atoms with van der Waals surface area (Å²) in [4.78, 5) is 26.1. The highest BCUT2D eigenvalue weighted by atomic mass is 16.5. The predicted octanol–water partition coefficient (Wildman–Crippen LogP) is 4.05. The normalized spacial score (nSPS) is 10.7. The van der Waals surface area contributed by atoms with Crippen molar-refractivity contribution in [2.24, 2.45) is 0 Å². The fourth-order valence-electron chi connectivity index (χ4n) is 3.03. The highest BCUT2D eigenvalue weighted by Gasteiger charge is 2.19. The van der Waals surface area contributed by atoms with Crippen LogP contribution in [-0.2, 0) is 17.7 Å². The molecule has 0 spiro atoms. The van der Waals surface area contributed by atoms with Crippen LogP contribution in [0.2, 0.25) is 0 Å². The Labute approximate surface area is 152 Å². The maximum absolute atomic E-state index is 12.8. The van der Waals surface area contributed by atoms with E-state index in [-0.39, 0.29) is 5.91 Å². The van der Waals surface area contributed by atoms with E-state index in [9.17, 15) is 9.59 Å². The Hall–Kier alpha value is -3.08. The van der Waals surface area contributed by atoms with E-state index in [0.29, 0.717) is 17.7 Å². The fourth-order valence-corrected chi connectivity index (χ4v) is 3.03. The molecule has 0 saturated heterocycles. The van der Waals surface area contributed by atoms with Crippen LogP contribution in [-0.4, -0.2) is 30.9 Å². The summed E-state index contributed by atoms with van der Waals surface area (Å²) in [6.45, 7) is 2.46. The van der Waals surface area contributed by atoms with Crippen LogP contribution < -0.4 is 0 Å². The Bertz CT molecular complexity index is 958. The first kappa shape index (κ1) is 17.7. The van der Waals surface area contributed by atoms with Gasteiger partial charge < -0.3 is 14.1 Å². The van der Waals surface area contributed by atoms with Gasteiger partial charge in [-0.2, -0.15) is 0 Å². The third kappa shape index (κ3) is 3.33. The van der Waals surface area contributed by atoms with E-state index in [1.807, 2.05) is 31.2 Å². The Morgan fingerprint density at radius 2 is 1.81 bits per heavy atom. The van der Waals surface area contributed by atoms with E-state index in [2.05, 4.69) is 0 Å². The van der Waals surface area contributed by atoms with Crippen LogP contribution in [0.5, 0.6) is 0 Å². The van der Waals surface area contributed by atoms with Crippen molar-refractivity contribution in [3.63, 3.8) is 0 Å². The van der Waals surface area contributed by atoms with E-state index in [0.717, 1.165) is 28.7 Å². The minimum atomic E-state index is -0.462. The molecule has 0 atom stereocenters. The Balaban J connectivity index is 1.88. The number of benzene rings is 2. The number of hydrogen-bond acceptors (Lipinski definition) is 4. The van der Waals surface area contributed by atoms with Crippen LogP contribution >= 0.6 is 0 Å². The number of methoxy groups -OCH3 is 1. The van der Waals surface area contributed by atoms with Gasteiger partial charge in [-0.25, -0.2) is 4.79 Å². The summed E-state index contributed by atoms with van der Waals surface area (Å²) in [5, 5.41) is 1.02. The first-order valence-electron chi connectivity index (χ1n) is 8.48. The molecule has 5 nitrogen and oxygen atoms in total. The monoisotopic (exact) mass is 351 g/mol. The van der Waals surface area contributed by atoms with Gasteiger partial charge in [0.15, 0.2) is 0 Å². The van der Waals surface area contributed by atoms with Gasteiger partial charge in [0.1, 0.15) is 11.3 Å². The Morgan fingerprint density at radius 1 is 1.08 bits per heavy atom. The van der Waals surface area contributed by atoms with Gasteiger partial charge in [0.05, 0.1) is 12.7 Å². The van der Waals surface area contributed by atoms with Crippen LogP contribution in [0.1, 0.15) is 39.0 Å². The van der Waals surface area contributed by atoms with E-state index >= 15 is 0 Å². The van der Waals surface area contributed by atoms with E-state index in [1.54, 1.807) is 36.2 Å². The summed E-state index contributed by atoms with van der Waals surface area (Å²) in [7, 11) is 3.06. The number of para-hydroxylation sites is 1. The molecule has 1 amide bonds. The molecular formula is C21H21NO4. The van der Waals surface area contributed by atoms with Crippen molar-refractivity contribution in [2.45, 2.75) is 19.9 Å². The van der Waals surface area contributed by atoms with Crippen molar-refractivity contribution in [1.29, 1.82) is 0 Å². The molecule has 0 radical (unpaired) electrons. The van der Waals surface area contributed by atoms with E-state index in [1.165, 1.54) is 7.11 Å². The number of hydrogen-bond donors (Lipinski definition) is 0. The second kappa shape index (κ2) is 7.44. The lowest BCUT2D eigenvalue weighted by Crippen LogP contribution is -2.26. The number of nitrogens with zero attached hydrogens (tertiary/aromatic N) is 1. The molecular weight excluding hydrogens is 330 g/mol. The summed E-state index contributed by atoms with van der Waals surface area (Å²) in [6.07, 6.45) is 0.754. The summed E-state index contributed by atoms with van der Waals surface area (Å²) >= 11 is 0. The number of carbonyl (C=O) groups excluding carboxylic acids is 2. The van der Waals surface area contributed by atoms with Gasteiger partial charge >= 0.3 is 5.97 Å². The zero-order valence-corrected chi connectivity index (χ0v) is 15.1. The standard InChI is InChI=1S/C21H21NO4/c1-4-18-17(16-10-5-6-11-19(16)26-18)13-22(2)20(23)14-8-7-9-15(12-14)21(24)25-3/h5-12H,4,13H2,1-3H3. The molecule has 3 aromatic rings. The Morgan fingerprint density at radius 3 is 2.54 bits per heavy atom. The van der Waals surface area contributed by atoms with E-state index < -0.39 is 5.97 Å². The van der Waals surface area contributed by atoms with Gasteiger partial charge in [-0.15, -0.1) is 0 Å². The first-order valence-corrected chi connectivity index (χ1v) is 8.48. The van der Waals surface area contributed by atoms with Crippen LogP contribution in [0.25, 0.3) is 11.0 Å². The second-order valence-electron chi connectivity index (χ2n) is 6.09. The van der Waals surface area contributed by atoms with Gasteiger partial charge in [0, 0.05) is 36.5 Å². The summed E-state index contributed by atoms with van der Waals surface area (Å²) < 4.78 is 10.6. The molecule has 0 bridgehead atoms. The number of furan rings is 1. The largest absolute Gasteiger partial charge is 0.465 e. The molecule has 0 unspecified atom stereocenters. The fraction of sp³-hybridized carbons (Fsp3) is 0.238. The molecule has 26 heavy (non-hydrogen) atoms. The molecule has 0 aliphatic rings. The average Bonchev–Trinajstić information content (AvgIpc) is 3.04. The molecule has 3 rings (SSSR count). The maximum atomic E-state index is 12.8. The van der Waals surface area contributed by atoms with Crippen molar-refractivity contribution in [1.82, 2.24) is 4.90 Å². The number of amides is 1. The molecule has 0 N–H and O–H groups in total. The number of esters is 1. The third-order valence-corrected chi connectivity index (χ3v) is 4.38. The van der Waals surface area contributed by atoms with Crippen LogP contribution in [0.3, 0.4) is 0 Å². The van der Waals surface area contributed by atoms with Crippen LogP contribution in [0.15, 0.2) is 52.9 Å². The summed E-state index contributed by atoms with van der Waals surface area (Å²) in [5.74, 6) is 0.258. The molecule has 134 valence electrons. The quantitative estimate of drug-likeness (QED) is 0.651. The highest BCUT2D eigenvalue weighted by molar-refractivity contribution is 5.98. The highest BCUT2D eigenvalue weighted by Crippen LogP contribution is 2.27. The lowest BCUT2D eigenvalue weighted by molar-refractivity contribution is 0.0600. The number of ether oxygens (including phenoxy) is 1. The summed E-state index contributed by atoms with van der Waals surface area (Å²) in [5.41, 5.74) is 2.65. The van der Waals surface area contributed by atoms with Gasteiger partial charge in [-0.1, -0.05) is 31.2 Å². The van der Waals surface area contributed by atoms with Crippen molar-refractivity contribution in [3.05, 3.63) is 71.0 Å². The zero-order chi connectivity index (χ0) is 18.7. The van der Waals surface area contributed by atoms with Gasteiger partial charge in [-0.05, 0) is 24.3 Å². The third-order valence-electron chi connectivity index (χ3n) is 4.38. The summed E-state index contributed by atoms with van der Waals surface area (Å²) in [6, 6.07) is 14.4. The van der Waals surface area contributed by atoms with Crippen molar-refractivity contribution in [2.75, 3.05) is 14.2 Å². The smallest absolute Gasteiger partial charge is 0.337 e. The minimum Gasteiger partial charge on any atom is -0.465 e. The lowest BCUT2D eigenvalue weighted by atomic mass is 10.1. The number of rotatable bonds is 5. The topological polar surface area (TPSA) is 59.8 Å². The number of fused-ring (bicyclic) bond motifs is 1. The molecule has 1 heterocycles. The maximum Gasteiger partial charge on any atom is 0.337 e. The second-order valence-corrected chi connectivity index (χ2v) is 6.09.